The zero-order valence-corrected chi connectivity index (χ0v) is 13.3. The summed E-state index contributed by atoms with van der Waals surface area (Å²) in [6, 6.07) is 8.74. The number of likely N-dealkylation sites (N-methyl/N-ethyl adjacent to an activating group) is 1. The number of carbonyl (C=O) groups is 2. The van der Waals surface area contributed by atoms with Gasteiger partial charge in [0, 0.05) is 19.2 Å². The first-order valence-corrected chi connectivity index (χ1v) is 7.64. The van der Waals surface area contributed by atoms with E-state index >= 15 is 0 Å². The zero-order valence-electron chi connectivity index (χ0n) is 13.3. The lowest BCUT2D eigenvalue weighted by Crippen LogP contribution is -2.53. The third kappa shape index (κ3) is 4.38. The van der Waals surface area contributed by atoms with Gasteiger partial charge in [-0.3, -0.25) is 9.59 Å². The van der Waals surface area contributed by atoms with Crippen molar-refractivity contribution in [1.82, 2.24) is 10.2 Å². The van der Waals surface area contributed by atoms with Crippen LogP contribution in [0.4, 0.5) is 8.78 Å². The Hall–Kier alpha value is -2.28. The van der Waals surface area contributed by atoms with Gasteiger partial charge in [-0.05, 0) is 12.0 Å². The van der Waals surface area contributed by atoms with E-state index in [9.17, 15) is 18.4 Å². The van der Waals surface area contributed by atoms with E-state index in [1.54, 1.807) is 0 Å². The topological polar surface area (TPSA) is 58.6 Å². The first-order valence-electron chi connectivity index (χ1n) is 7.64. The second-order valence-corrected chi connectivity index (χ2v) is 5.62. The largest absolute Gasteiger partial charge is 0.376 e. The zero-order chi connectivity index (χ0) is 17.5. The second kappa shape index (κ2) is 8.54. The molecule has 0 aromatic heterocycles. The Labute approximate surface area is 139 Å². The highest BCUT2D eigenvalue weighted by molar-refractivity contribution is 5.91. The summed E-state index contributed by atoms with van der Waals surface area (Å²) in [5, 5.41) is 2.09. The summed E-state index contributed by atoms with van der Waals surface area (Å²) in [6.45, 7) is 0.609. The Morgan fingerprint density at radius 2 is 2.12 bits per heavy atom. The molecule has 1 aromatic rings. The van der Waals surface area contributed by atoms with Crippen LogP contribution in [0.15, 0.2) is 42.4 Å². The molecule has 130 valence electrons. The van der Waals surface area contributed by atoms with E-state index in [0.29, 0.717) is 19.4 Å². The van der Waals surface area contributed by atoms with Crippen LogP contribution in [0.5, 0.6) is 0 Å². The molecule has 1 saturated carbocycles. The van der Waals surface area contributed by atoms with E-state index in [2.05, 4.69) is 5.32 Å². The minimum atomic E-state index is -1.32. The molecule has 3 atom stereocenters. The van der Waals surface area contributed by atoms with Gasteiger partial charge in [-0.1, -0.05) is 30.3 Å². The number of amides is 2. The molecule has 0 saturated heterocycles. The van der Waals surface area contributed by atoms with Crippen LogP contribution in [-0.4, -0.2) is 43.1 Å². The van der Waals surface area contributed by atoms with Crippen molar-refractivity contribution in [2.24, 2.45) is 5.92 Å². The summed E-state index contributed by atoms with van der Waals surface area (Å²) in [4.78, 5) is 23.0. The van der Waals surface area contributed by atoms with Crippen molar-refractivity contribution < 1.29 is 23.1 Å². The van der Waals surface area contributed by atoms with E-state index in [4.69, 9.17) is 4.74 Å². The molecule has 0 bridgehead atoms. The number of ether oxygens (including phenoxy) is 1. The molecular weight excluding hydrogens is 318 g/mol. The molecule has 24 heavy (non-hydrogen) atoms. The van der Waals surface area contributed by atoms with Gasteiger partial charge in [0.25, 0.3) is 5.91 Å². The lowest BCUT2D eigenvalue weighted by Gasteiger charge is -2.43. The molecule has 3 unspecified atom stereocenters. The van der Waals surface area contributed by atoms with Crippen molar-refractivity contribution >= 4 is 12.3 Å². The molecule has 1 aliphatic rings. The third-order valence-corrected chi connectivity index (χ3v) is 4.02. The maximum Gasteiger partial charge on any atom is 0.281 e. The van der Waals surface area contributed by atoms with E-state index in [-0.39, 0.29) is 12.5 Å². The van der Waals surface area contributed by atoms with Gasteiger partial charge in [0.15, 0.2) is 0 Å². The number of benzene rings is 1. The monoisotopic (exact) mass is 338 g/mol. The summed E-state index contributed by atoms with van der Waals surface area (Å²) < 4.78 is 33.2. The molecular formula is C17H20F2N2O3. The number of nitrogens with zero attached hydrogens (tertiary/aromatic N) is 1. The van der Waals surface area contributed by atoms with Crippen molar-refractivity contribution in [3.05, 3.63) is 47.9 Å². The van der Waals surface area contributed by atoms with Gasteiger partial charge in [-0.2, -0.15) is 4.39 Å². The van der Waals surface area contributed by atoms with Crippen molar-refractivity contribution in [2.75, 3.05) is 13.7 Å². The Morgan fingerprint density at radius 3 is 2.71 bits per heavy atom. The standard InChI is InChI=1S/C17H20F2N2O3/c1-20-17(23)14(18)8-21(11-22)15-7-13(16(15)19)10-24-9-12-5-3-2-4-6-12/h2-6,8,11,13,15-16H,7,9-10H2,1H3,(H,20,23)/b14-8+. The number of nitrogens with one attached hydrogen (secondary N) is 1. The van der Waals surface area contributed by atoms with Gasteiger partial charge in [-0.15, -0.1) is 0 Å². The number of alkyl halides is 1. The highest BCUT2D eigenvalue weighted by Crippen LogP contribution is 2.35. The lowest BCUT2D eigenvalue weighted by atomic mass is 9.78. The minimum absolute atomic E-state index is 0.223. The summed E-state index contributed by atoms with van der Waals surface area (Å²) in [5.41, 5.74) is 0.994. The molecule has 0 aliphatic heterocycles. The molecule has 1 aromatic carbocycles. The van der Waals surface area contributed by atoms with Crippen LogP contribution in [-0.2, 0) is 20.9 Å². The van der Waals surface area contributed by atoms with Crippen molar-refractivity contribution in [3.8, 4) is 0 Å². The quantitative estimate of drug-likeness (QED) is 0.582. The molecule has 1 N–H and O–H groups in total. The summed E-state index contributed by atoms with van der Waals surface area (Å²) >= 11 is 0. The highest BCUT2D eigenvalue weighted by atomic mass is 19.1. The fourth-order valence-corrected chi connectivity index (χ4v) is 2.55. The van der Waals surface area contributed by atoms with Crippen LogP contribution in [0.3, 0.4) is 0 Å². The van der Waals surface area contributed by atoms with Crippen molar-refractivity contribution in [1.29, 1.82) is 0 Å². The first kappa shape index (κ1) is 18.1. The van der Waals surface area contributed by atoms with Crippen LogP contribution in [0.1, 0.15) is 12.0 Å². The molecule has 0 radical (unpaired) electrons. The average Bonchev–Trinajstić information content (AvgIpc) is 2.62. The van der Waals surface area contributed by atoms with E-state index in [1.165, 1.54) is 7.05 Å². The molecule has 2 amide bonds. The van der Waals surface area contributed by atoms with Gasteiger partial charge >= 0.3 is 0 Å². The van der Waals surface area contributed by atoms with Crippen LogP contribution in [0.25, 0.3) is 0 Å². The summed E-state index contributed by atoms with van der Waals surface area (Å²) in [6.07, 6.45) is 0.0802. The SMILES string of the molecule is CNC(=O)/C(F)=C\N(C=O)C1CC(COCc2ccccc2)C1F. The maximum absolute atomic E-state index is 14.2. The normalized spacial score (nSPS) is 23.3. The number of halogens is 2. The van der Waals surface area contributed by atoms with Crippen molar-refractivity contribution in [2.45, 2.75) is 25.2 Å². The Kier molecular flexibility index (Phi) is 6.43. The predicted octanol–water partition coefficient (Wildman–Crippen LogP) is 1.95. The second-order valence-electron chi connectivity index (χ2n) is 5.62. The molecule has 7 heteroatoms. The van der Waals surface area contributed by atoms with Gasteiger partial charge in [-0.25, -0.2) is 4.39 Å². The average molecular weight is 338 g/mol. The fourth-order valence-electron chi connectivity index (χ4n) is 2.55. The smallest absolute Gasteiger partial charge is 0.281 e. The molecule has 0 spiro atoms. The fraction of sp³-hybridized carbons (Fsp3) is 0.412. The number of carbonyl (C=O) groups excluding carboxylic acids is 2. The molecule has 0 heterocycles. The van der Waals surface area contributed by atoms with E-state index in [1.807, 2.05) is 30.3 Å². The van der Waals surface area contributed by atoms with Gasteiger partial charge in [0.2, 0.25) is 12.2 Å². The number of rotatable bonds is 8. The van der Waals surface area contributed by atoms with Crippen molar-refractivity contribution in [3.63, 3.8) is 0 Å². The molecule has 2 rings (SSSR count). The lowest BCUT2D eigenvalue weighted by molar-refractivity contribution is -0.125. The maximum atomic E-state index is 14.2. The van der Waals surface area contributed by atoms with Gasteiger partial charge < -0.3 is 15.0 Å². The number of hydrogen-bond acceptors (Lipinski definition) is 3. The minimum Gasteiger partial charge on any atom is -0.376 e. The van der Waals surface area contributed by atoms with Gasteiger partial charge in [0.1, 0.15) is 6.17 Å². The Balaban J connectivity index is 1.81. The summed E-state index contributed by atoms with van der Waals surface area (Å²) in [5.74, 6) is -2.45. The van der Waals surface area contributed by atoms with Crippen LogP contribution >= 0.6 is 0 Å². The Morgan fingerprint density at radius 1 is 1.42 bits per heavy atom. The first-order chi connectivity index (χ1) is 11.6. The van der Waals surface area contributed by atoms with Gasteiger partial charge in [0.05, 0.1) is 19.3 Å². The number of hydrogen-bond donors (Lipinski definition) is 1. The van der Waals surface area contributed by atoms with E-state index < -0.39 is 23.9 Å². The molecule has 1 aliphatic carbocycles. The highest BCUT2D eigenvalue weighted by Gasteiger charge is 2.44. The van der Waals surface area contributed by atoms with Crippen LogP contribution in [0, 0.1) is 5.92 Å². The Bertz CT molecular complexity index is 595. The van der Waals surface area contributed by atoms with Crippen LogP contribution in [0.2, 0.25) is 0 Å². The third-order valence-electron chi connectivity index (χ3n) is 4.02. The van der Waals surface area contributed by atoms with E-state index in [0.717, 1.165) is 16.7 Å². The molecule has 5 nitrogen and oxygen atoms in total. The predicted molar refractivity (Wildman–Crippen MR) is 84.0 cm³/mol. The molecule has 1 fully saturated rings. The summed E-state index contributed by atoms with van der Waals surface area (Å²) in [7, 11) is 1.27. The van der Waals surface area contributed by atoms with Crippen LogP contribution < -0.4 is 5.32 Å².